The van der Waals surface area contributed by atoms with Crippen molar-refractivity contribution in [1.82, 2.24) is 4.90 Å². The second kappa shape index (κ2) is 9.60. The molecule has 3 aromatic rings. The monoisotopic (exact) mass is 425 g/mol. The van der Waals surface area contributed by atoms with Gasteiger partial charge in [0.25, 0.3) is 5.91 Å². The lowest BCUT2D eigenvalue weighted by atomic mass is 9.91. The molecule has 0 aromatic heterocycles. The van der Waals surface area contributed by atoms with Crippen LogP contribution in [0.25, 0.3) is 11.1 Å². The SMILES string of the molecule is N=C(N)c1ccc(CC(C=O)C2CCCN2C(=O)c2ccc(-c3ccccc3)cc2)cc1. The van der Waals surface area contributed by atoms with Gasteiger partial charge in [-0.2, -0.15) is 0 Å². The van der Waals surface area contributed by atoms with E-state index in [1.54, 1.807) is 12.1 Å². The molecule has 4 rings (SSSR count). The molecule has 0 spiro atoms. The predicted octanol–water partition coefficient (Wildman–Crippen LogP) is 4.30. The van der Waals surface area contributed by atoms with Crippen LogP contribution in [0, 0.1) is 11.3 Å². The van der Waals surface area contributed by atoms with Crippen molar-refractivity contribution in [2.75, 3.05) is 6.54 Å². The highest BCUT2D eigenvalue weighted by molar-refractivity contribution is 5.95. The van der Waals surface area contributed by atoms with Crippen molar-refractivity contribution in [3.05, 3.63) is 95.6 Å². The maximum atomic E-state index is 13.3. The number of nitrogens with one attached hydrogen (secondary N) is 1. The average Bonchev–Trinajstić information content (AvgIpc) is 3.33. The highest BCUT2D eigenvalue weighted by Crippen LogP contribution is 2.28. The van der Waals surface area contributed by atoms with Crippen LogP contribution in [0.3, 0.4) is 0 Å². The molecule has 2 unspecified atom stereocenters. The van der Waals surface area contributed by atoms with E-state index in [2.05, 4.69) is 0 Å². The zero-order valence-corrected chi connectivity index (χ0v) is 17.9. The van der Waals surface area contributed by atoms with Crippen LogP contribution < -0.4 is 5.73 Å². The van der Waals surface area contributed by atoms with Crippen molar-refractivity contribution in [2.45, 2.75) is 25.3 Å². The molecule has 1 amide bonds. The fraction of sp³-hybridized carbons (Fsp3) is 0.222. The van der Waals surface area contributed by atoms with Crippen LogP contribution in [0.4, 0.5) is 0 Å². The Bertz CT molecular complexity index is 1090. The Balaban J connectivity index is 1.48. The molecule has 3 aromatic carbocycles. The molecular formula is C27H27N3O2. The first-order valence-corrected chi connectivity index (χ1v) is 10.9. The largest absolute Gasteiger partial charge is 0.384 e. The topological polar surface area (TPSA) is 87.2 Å². The van der Waals surface area contributed by atoms with E-state index in [0.29, 0.717) is 24.1 Å². The van der Waals surface area contributed by atoms with Crippen molar-refractivity contribution >= 4 is 18.0 Å². The van der Waals surface area contributed by atoms with E-state index in [1.165, 1.54) is 0 Å². The Morgan fingerprint density at radius 2 is 1.59 bits per heavy atom. The van der Waals surface area contributed by atoms with Crippen LogP contribution >= 0.6 is 0 Å². The first-order chi connectivity index (χ1) is 15.6. The highest BCUT2D eigenvalue weighted by Gasteiger charge is 2.35. The van der Waals surface area contributed by atoms with Crippen LogP contribution in [0.2, 0.25) is 0 Å². The minimum Gasteiger partial charge on any atom is -0.384 e. The quantitative estimate of drug-likeness (QED) is 0.336. The summed E-state index contributed by atoms with van der Waals surface area (Å²) >= 11 is 0. The molecule has 3 N–H and O–H groups in total. The number of amidine groups is 1. The summed E-state index contributed by atoms with van der Waals surface area (Å²) < 4.78 is 0. The van der Waals surface area contributed by atoms with E-state index in [1.807, 2.05) is 71.6 Å². The standard InChI is InChI=1S/C27H27N3O2/c28-26(29)22-10-8-19(9-11-22)17-24(18-31)25-7-4-16-30(25)27(32)23-14-12-21(13-15-23)20-5-2-1-3-6-20/h1-3,5-6,8-15,18,24-25H,4,7,16-17H2,(H3,28,29). The number of amides is 1. The fourth-order valence-electron chi connectivity index (χ4n) is 4.46. The first-order valence-electron chi connectivity index (χ1n) is 10.9. The van der Waals surface area contributed by atoms with Gasteiger partial charge in [-0.25, -0.2) is 0 Å². The number of carbonyl (C=O) groups is 2. The zero-order valence-electron chi connectivity index (χ0n) is 17.9. The van der Waals surface area contributed by atoms with Crippen LogP contribution in [-0.2, 0) is 11.2 Å². The molecule has 1 fully saturated rings. The van der Waals surface area contributed by atoms with Gasteiger partial charge in [-0.05, 0) is 48.1 Å². The van der Waals surface area contributed by atoms with Crippen molar-refractivity contribution in [1.29, 1.82) is 5.41 Å². The summed E-state index contributed by atoms with van der Waals surface area (Å²) in [5, 5.41) is 7.51. The second-order valence-corrected chi connectivity index (χ2v) is 8.27. The van der Waals surface area contributed by atoms with Gasteiger partial charge in [0.1, 0.15) is 12.1 Å². The van der Waals surface area contributed by atoms with Gasteiger partial charge in [0.2, 0.25) is 0 Å². The van der Waals surface area contributed by atoms with Crippen LogP contribution in [0.1, 0.15) is 34.3 Å². The molecule has 1 saturated heterocycles. The van der Waals surface area contributed by atoms with Gasteiger partial charge in [-0.3, -0.25) is 10.2 Å². The van der Waals surface area contributed by atoms with Gasteiger partial charge < -0.3 is 15.4 Å². The van der Waals surface area contributed by atoms with E-state index < -0.39 is 0 Å². The third kappa shape index (κ3) is 4.62. The summed E-state index contributed by atoms with van der Waals surface area (Å²) in [5.74, 6) is -0.270. The lowest BCUT2D eigenvalue weighted by Crippen LogP contribution is -2.41. The number of likely N-dealkylation sites (tertiary alicyclic amines) is 1. The van der Waals surface area contributed by atoms with Crippen molar-refractivity contribution in [3.8, 4) is 11.1 Å². The smallest absolute Gasteiger partial charge is 0.254 e. The van der Waals surface area contributed by atoms with Gasteiger partial charge in [0.05, 0.1) is 0 Å². The van der Waals surface area contributed by atoms with Crippen LogP contribution in [-0.4, -0.2) is 35.5 Å². The summed E-state index contributed by atoms with van der Waals surface area (Å²) in [6.45, 7) is 0.664. The number of aldehydes is 1. The highest BCUT2D eigenvalue weighted by atomic mass is 16.2. The molecule has 0 bridgehead atoms. The minimum atomic E-state index is -0.270. The molecule has 5 nitrogen and oxygen atoms in total. The van der Waals surface area contributed by atoms with Gasteiger partial charge in [-0.1, -0.05) is 66.7 Å². The predicted molar refractivity (Wildman–Crippen MR) is 127 cm³/mol. The Labute approximate surface area is 188 Å². The molecule has 162 valence electrons. The average molecular weight is 426 g/mol. The van der Waals surface area contributed by atoms with Crippen LogP contribution in [0.15, 0.2) is 78.9 Å². The normalized spacial score (nSPS) is 16.5. The Kier molecular flexibility index (Phi) is 6.45. The van der Waals surface area contributed by atoms with Gasteiger partial charge in [0.15, 0.2) is 0 Å². The van der Waals surface area contributed by atoms with Gasteiger partial charge >= 0.3 is 0 Å². The second-order valence-electron chi connectivity index (χ2n) is 8.27. The van der Waals surface area contributed by atoms with E-state index in [4.69, 9.17) is 11.1 Å². The van der Waals surface area contributed by atoms with E-state index in [-0.39, 0.29) is 23.7 Å². The number of rotatable bonds is 7. The third-order valence-corrected chi connectivity index (χ3v) is 6.20. The maximum Gasteiger partial charge on any atom is 0.254 e. The molecule has 1 aliphatic rings. The van der Waals surface area contributed by atoms with Crippen LogP contribution in [0.5, 0.6) is 0 Å². The Hall–Kier alpha value is -3.73. The third-order valence-electron chi connectivity index (χ3n) is 6.20. The molecule has 0 saturated carbocycles. The van der Waals surface area contributed by atoms with Crippen molar-refractivity contribution in [3.63, 3.8) is 0 Å². The minimum absolute atomic E-state index is 0.0223. The van der Waals surface area contributed by atoms with E-state index in [9.17, 15) is 9.59 Å². The summed E-state index contributed by atoms with van der Waals surface area (Å²) in [5.41, 5.74) is 10.0. The Morgan fingerprint density at radius 1 is 0.969 bits per heavy atom. The summed E-state index contributed by atoms with van der Waals surface area (Å²) in [7, 11) is 0. The number of carbonyl (C=O) groups excluding carboxylic acids is 2. The van der Waals surface area contributed by atoms with Gasteiger partial charge in [0, 0.05) is 29.6 Å². The molecule has 1 aliphatic heterocycles. The van der Waals surface area contributed by atoms with Gasteiger partial charge in [-0.15, -0.1) is 0 Å². The fourth-order valence-corrected chi connectivity index (χ4v) is 4.46. The summed E-state index contributed by atoms with van der Waals surface area (Å²) in [6.07, 6.45) is 3.26. The molecule has 5 heteroatoms. The van der Waals surface area contributed by atoms with Crippen molar-refractivity contribution in [2.24, 2.45) is 11.7 Å². The summed E-state index contributed by atoms with van der Waals surface area (Å²) in [6, 6.07) is 25.0. The number of benzene rings is 3. The molecule has 32 heavy (non-hydrogen) atoms. The lowest BCUT2D eigenvalue weighted by molar-refractivity contribution is -0.112. The maximum absolute atomic E-state index is 13.3. The Morgan fingerprint density at radius 3 is 2.22 bits per heavy atom. The molecule has 1 heterocycles. The van der Waals surface area contributed by atoms with Crippen molar-refractivity contribution < 1.29 is 9.59 Å². The first kappa shape index (κ1) is 21.5. The summed E-state index contributed by atoms with van der Waals surface area (Å²) in [4.78, 5) is 27.1. The molecular weight excluding hydrogens is 398 g/mol. The number of hydrogen-bond acceptors (Lipinski definition) is 3. The lowest BCUT2D eigenvalue weighted by Gasteiger charge is -2.29. The number of nitrogen functional groups attached to an aromatic ring is 1. The molecule has 0 aliphatic carbocycles. The number of nitrogens with two attached hydrogens (primary N) is 1. The molecule has 2 atom stereocenters. The zero-order chi connectivity index (χ0) is 22.5. The molecule has 0 radical (unpaired) electrons. The number of hydrogen-bond donors (Lipinski definition) is 2. The number of nitrogens with zero attached hydrogens (tertiary/aromatic N) is 1. The van der Waals surface area contributed by atoms with E-state index >= 15 is 0 Å². The van der Waals surface area contributed by atoms with E-state index in [0.717, 1.165) is 35.8 Å².